The van der Waals surface area contributed by atoms with Crippen LogP contribution < -0.4 is 15.4 Å². The summed E-state index contributed by atoms with van der Waals surface area (Å²) >= 11 is 0. The molecule has 0 radical (unpaired) electrons. The quantitative estimate of drug-likeness (QED) is 0.910. The molecule has 0 saturated carbocycles. The summed E-state index contributed by atoms with van der Waals surface area (Å²) in [6.07, 6.45) is 0.692. The fourth-order valence-electron chi connectivity index (χ4n) is 2.74. The van der Waals surface area contributed by atoms with Gasteiger partial charge in [-0.2, -0.15) is 0 Å². The van der Waals surface area contributed by atoms with Crippen molar-refractivity contribution in [3.63, 3.8) is 0 Å². The Kier molecular flexibility index (Phi) is 4.78. The Balaban J connectivity index is 1.62. The van der Waals surface area contributed by atoms with E-state index in [-0.39, 0.29) is 18.2 Å². The number of carbonyl (C=O) groups excluding carboxylic acids is 1. The van der Waals surface area contributed by atoms with Crippen LogP contribution >= 0.6 is 0 Å². The van der Waals surface area contributed by atoms with Crippen LogP contribution in [0, 0.1) is 0 Å². The number of hydrogen-bond acceptors (Lipinski definition) is 3. The van der Waals surface area contributed by atoms with Crippen LogP contribution in [0.3, 0.4) is 0 Å². The average Bonchev–Trinajstić information content (AvgIpc) is 3.03. The van der Waals surface area contributed by atoms with Crippen LogP contribution in [0.1, 0.15) is 18.1 Å². The molecule has 1 heterocycles. The van der Waals surface area contributed by atoms with E-state index in [1.165, 1.54) is 0 Å². The number of urea groups is 1. The zero-order valence-electron chi connectivity index (χ0n) is 13.0. The first-order chi connectivity index (χ1) is 11.3. The summed E-state index contributed by atoms with van der Waals surface area (Å²) in [4.78, 5) is 12.2. The lowest BCUT2D eigenvalue weighted by molar-refractivity contribution is 0.100. The lowest BCUT2D eigenvalue weighted by atomic mass is 10.0. The summed E-state index contributed by atoms with van der Waals surface area (Å²) in [6, 6.07) is 16.9. The Bertz CT molecular complexity index is 660. The first-order valence-electron chi connectivity index (χ1n) is 7.64. The van der Waals surface area contributed by atoms with E-state index in [0.29, 0.717) is 18.0 Å². The van der Waals surface area contributed by atoms with Gasteiger partial charge in [0, 0.05) is 18.4 Å². The molecule has 2 amide bonds. The van der Waals surface area contributed by atoms with Crippen molar-refractivity contribution in [3.8, 4) is 5.75 Å². The van der Waals surface area contributed by atoms with Gasteiger partial charge in [0.25, 0.3) is 0 Å². The van der Waals surface area contributed by atoms with Gasteiger partial charge in [0.2, 0.25) is 0 Å². The van der Waals surface area contributed by atoms with Crippen LogP contribution in [-0.4, -0.2) is 25.8 Å². The van der Waals surface area contributed by atoms with Gasteiger partial charge < -0.3 is 20.1 Å². The number of carbonyl (C=O) groups is 1. The molecule has 1 fully saturated rings. The smallest absolute Gasteiger partial charge is 0.319 e. The summed E-state index contributed by atoms with van der Waals surface area (Å²) in [6.45, 7) is 0.643. The van der Waals surface area contributed by atoms with E-state index in [1.807, 2.05) is 48.5 Å². The number of methoxy groups -OCH3 is 1. The van der Waals surface area contributed by atoms with E-state index >= 15 is 0 Å². The van der Waals surface area contributed by atoms with Gasteiger partial charge in [-0.1, -0.05) is 36.4 Å². The Morgan fingerprint density at radius 3 is 2.78 bits per heavy atom. The highest BCUT2D eigenvalue weighted by Gasteiger charge is 2.30. The molecule has 2 atom stereocenters. The van der Waals surface area contributed by atoms with Crippen LogP contribution in [0.2, 0.25) is 0 Å². The molecule has 2 aromatic rings. The molecule has 120 valence electrons. The number of amides is 2. The third kappa shape index (κ3) is 3.81. The van der Waals surface area contributed by atoms with Gasteiger partial charge in [-0.05, 0) is 24.1 Å². The maximum absolute atomic E-state index is 12.2. The standard InChI is InChI=1S/C18H20N2O3/c1-22-15-9-5-8-14(12-15)19-18(21)20-16-10-11-23-17(16)13-6-3-2-4-7-13/h2-9,12,16-17H,10-11H2,1H3,(H2,19,20,21)/t16-,17+/m0/s1. The van der Waals surface area contributed by atoms with Gasteiger partial charge in [0.05, 0.1) is 13.2 Å². The molecule has 1 saturated heterocycles. The van der Waals surface area contributed by atoms with Gasteiger partial charge in [-0.25, -0.2) is 4.79 Å². The third-order valence-electron chi connectivity index (χ3n) is 3.86. The first-order valence-corrected chi connectivity index (χ1v) is 7.64. The fourth-order valence-corrected chi connectivity index (χ4v) is 2.74. The van der Waals surface area contributed by atoms with Crippen LogP contribution in [0.5, 0.6) is 5.75 Å². The number of nitrogens with one attached hydrogen (secondary N) is 2. The molecule has 23 heavy (non-hydrogen) atoms. The minimum atomic E-state index is -0.241. The Morgan fingerprint density at radius 1 is 1.17 bits per heavy atom. The zero-order chi connectivity index (χ0) is 16.1. The number of hydrogen-bond donors (Lipinski definition) is 2. The molecule has 0 spiro atoms. The van der Waals surface area contributed by atoms with Crippen LogP contribution in [-0.2, 0) is 4.74 Å². The SMILES string of the molecule is COc1cccc(NC(=O)N[C@H]2CCO[C@@H]2c2ccccc2)c1. The third-order valence-corrected chi connectivity index (χ3v) is 3.86. The van der Waals surface area contributed by atoms with Crippen molar-refractivity contribution in [1.29, 1.82) is 0 Å². The highest BCUT2D eigenvalue weighted by atomic mass is 16.5. The fraction of sp³-hybridized carbons (Fsp3) is 0.278. The number of rotatable bonds is 4. The second-order valence-corrected chi connectivity index (χ2v) is 5.43. The van der Waals surface area contributed by atoms with Crippen molar-refractivity contribution < 1.29 is 14.3 Å². The van der Waals surface area contributed by atoms with Crippen LogP contribution in [0.4, 0.5) is 10.5 Å². The molecular formula is C18H20N2O3. The van der Waals surface area contributed by atoms with Crippen molar-refractivity contribution in [2.24, 2.45) is 0 Å². The molecule has 0 unspecified atom stereocenters. The number of anilines is 1. The lowest BCUT2D eigenvalue weighted by Gasteiger charge is -2.20. The maximum Gasteiger partial charge on any atom is 0.319 e. The predicted octanol–water partition coefficient (Wildman–Crippen LogP) is 3.35. The van der Waals surface area contributed by atoms with E-state index in [4.69, 9.17) is 9.47 Å². The molecule has 1 aliphatic rings. The van der Waals surface area contributed by atoms with Crippen molar-refractivity contribution >= 4 is 11.7 Å². The van der Waals surface area contributed by atoms with E-state index < -0.39 is 0 Å². The summed E-state index contributed by atoms with van der Waals surface area (Å²) in [5, 5.41) is 5.83. The normalized spacial score (nSPS) is 20.0. The van der Waals surface area contributed by atoms with E-state index in [9.17, 15) is 4.79 Å². The van der Waals surface area contributed by atoms with Crippen molar-refractivity contribution in [2.45, 2.75) is 18.6 Å². The molecule has 0 aliphatic carbocycles. The van der Waals surface area contributed by atoms with Crippen LogP contribution in [0.25, 0.3) is 0 Å². The Hall–Kier alpha value is -2.53. The van der Waals surface area contributed by atoms with Crippen molar-refractivity contribution in [1.82, 2.24) is 5.32 Å². The summed E-state index contributed by atoms with van der Waals surface area (Å²) in [5.74, 6) is 0.703. The van der Waals surface area contributed by atoms with E-state index in [1.54, 1.807) is 13.2 Å². The van der Waals surface area contributed by atoms with Gasteiger partial charge in [0.1, 0.15) is 11.9 Å². The zero-order valence-corrected chi connectivity index (χ0v) is 13.0. The molecule has 2 N–H and O–H groups in total. The van der Waals surface area contributed by atoms with E-state index in [2.05, 4.69) is 10.6 Å². The van der Waals surface area contributed by atoms with Gasteiger partial charge in [-0.15, -0.1) is 0 Å². The Morgan fingerprint density at radius 2 is 2.00 bits per heavy atom. The summed E-state index contributed by atoms with van der Waals surface area (Å²) < 4.78 is 10.9. The number of ether oxygens (including phenoxy) is 2. The monoisotopic (exact) mass is 312 g/mol. The van der Waals surface area contributed by atoms with Crippen LogP contribution in [0.15, 0.2) is 54.6 Å². The highest BCUT2D eigenvalue weighted by Crippen LogP contribution is 2.29. The Labute approximate surface area is 135 Å². The van der Waals surface area contributed by atoms with Gasteiger partial charge in [-0.3, -0.25) is 0 Å². The molecule has 0 bridgehead atoms. The van der Waals surface area contributed by atoms with E-state index in [0.717, 1.165) is 12.0 Å². The minimum Gasteiger partial charge on any atom is -0.497 e. The second-order valence-electron chi connectivity index (χ2n) is 5.43. The largest absolute Gasteiger partial charge is 0.497 e. The topological polar surface area (TPSA) is 59.6 Å². The molecule has 3 rings (SSSR count). The highest BCUT2D eigenvalue weighted by molar-refractivity contribution is 5.89. The molecule has 5 nitrogen and oxygen atoms in total. The minimum absolute atomic E-state index is 0.0389. The maximum atomic E-state index is 12.2. The average molecular weight is 312 g/mol. The van der Waals surface area contributed by atoms with Crippen molar-refractivity contribution in [2.75, 3.05) is 19.0 Å². The van der Waals surface area contributed by atoms with Gasteiger partial charge >= 0.3 is 6.03 Å². The molecule has 2 aromatic carbocycles. The summed E-state index contributed by atoms with van der Waals surface area (Å²) in [7, 11) is 1.60. The molecule has 0 aromatic heterocycles. The lowest BCUT2D eigenvalue weighted by Crippen LogP contribution is -2.39. The van der Waals surface area contributed by atoms with Gasteiger partial charge in [0.15, 0.2) is 0 Å². The number of benzene rings is 2. The molecule has 1 aliphatic heterocycles. The predicted molar refractivity (Wildman–Crippen MR) is 88.7 cm³/mol. The second kappa shape index (κ2) is 7.15. The molecule has 5 heteroatoms. The first kappa shape index (κ1) is 15.4. The molecular weight excluding hydrogens is 292 g/mol. The van der Waals surface area contributed by atoms with Crippen molar-refractivity contribution in [3.05, 3.63) is 60.2 Å². The summed E-state index contributed by atoms with van der Waals surface area (Å²) in [5.41, 5.74) is 1.77.